The second kappa shape index (κ2) is 5.49. The number of benzene rings is 2. The van der Waals surface area contributed by atoms with Gasteiger partial charge in [0.1, 0.15) is 0 Å². The number of rotatable bonds is 3. The van der Waals surface area contributed by atoms with Crippen LogP contribution in [0, 0.1) is 0 Å². The van der Waals surface area contributed by atoms with Crippen molar-refractivity contribution in [3.05, 3.63) is 60.4 Å². The van der Waals surface area contributed by atoms with Crippen LogP contribution < -0.4 is 5.43 Å². The Morgan fingerprint density at radius 3 is 3.00 bits per heavy atom. The van der Waals surface area contributed by atoms with Crippen molar-refractivity contribution < 1.29 is 0 Å². The minimum absolute atomic E-state index is 0.833. The minimum Gasteiger partial charge on any atom is -0.278 e. The van der Waals surface area contributed by atoms with Crippen molar-refractivity contribution in [2.45, 2.75) is 6.92 Å². The van der Waals surface area contributed by atoms with Crippen LogP contribution in [0.1, 0.15) is 12.5 Å². The Kier molecular flexibility index (Phi) is 3.20. The molecule has 0 atom stereocenters. The third kappa shape index (κ3) is 2.50. The molecule has 4 aromatic rings. The van der Waals surface area contributed by atoms with Gasteiger partial charge in [0.05, 0.1) is 34.8 Å². The lowest BCUT2D eigenvalue weighted by Gasteiger charge is -2.06. The lowest BCUT2D eigenvalue weighted by molar-refractivity contribution is 1.07. The maximum atomic E-state index is 4.47. The molecule has 0 amide bonds. The van der Waals surface area contributed by atoms with Gasteiger partial charge in [-0.05, 0) is 30.7 Å². The Hall–Kier alpha value is -3.28. The monoisotopic (exact) mass is 302 g/mol. The molecule has 0 aliphatic rings. The number of anilines is 1. The first kappa shape index (κ1) is 13.4. The van der Waals surface area contributed by atoms with Crippen molar-refractivity contribution in [1.29, 1.82) is 0 Å². The highest BCUT2D eigenvalue weighted by atomic mass is 15.3. The summed E-state index contributed by atoms with van der Waals surface area (Å²) in [6, 6.07) is 13.9. The van der Waals surface area contributed by atoms with Gasteiger partial charge in [-0.3, -0.25) is 10.5 Å². The van der Waals surface area contributed by atoms with Crippen molar-refractivity contribution in [1.82, 2.24) is 20.4 Å². The predicted octanol–water partition coefficient (Wildman–Crippen LogP) is 3.34. The zero-order chi connectivity index (χ0) is 15.6. The number of aromatic amines is 1. The summed E-state index contributed by atoms with van der Waals surface area (Å²) in [5.41, 5.74) is 7.70. The normalized spacial score (nSPS) is 12.0. The Bertz CT molecular complexity index is 1010. The van der Waals surface area contributed by atoms with E-state index >= 15 is 0 Å². The number of hydrogen-bond donors (Lipinski definition) is 2. The molecule has 2 heterocycles. The molecule has 4 rings (SSSR count). The number of hydrazone groups is 1. The Morgan fingerprint density at radius 1 is 1.13 bits per heavy atom. The van der Waals surface area contributed by atoms with Crippen LogP contribution >= 0.6 is 0 Å². The van der Waals surface area contributed by atoms with Gasteiger partial charge in [-0.1, -0.05) is 24.3 Å². The maximum absolute atomic E-state index is 4.47. The number of fused-ring (bicyclic) bond motifs is 2. The minimum atomic E-state index is 0.833. The third-order valence-corrected chi connectivity index (χ3v) is 3.75. The van der Waals surface area contributed by atoms with E-state index in [4.69, 9.17) is 0 Å². The van der Waals surface area contributed by atoms with E-state index in [0.717, 1.165) is 38.8 Å². The topological polar surface area (TPSA) is 78.9 Å². The average molecular weight is 302 g/mol. The number of aromatic nitrogens is 4. The van der Waals surface area contributed by atoms with Crippen LogP contribution in [0.3, 0.4) is 0 Å². The summed E-state index contributed by atoms with van der Waals surface area (Å²) >= 11 is 0. The molecule has 0 bridgehead atoms. The average Bonchev–Trinajstić information content (AvgIpc) is 3.07. The first-order valence-electron chi connectivity index (χ1n) is 7.25. The molecule has 6 heteroatoms. The zero-order valence-corrected chi connectivity index (χ0v) is 12.5. The standard InChI is InChI=1S/C17H14N6/c1-11(12-6-7-15-13(8-12)9-18-21-15)20-23-17-10-19-22-16-5-3-2-4-14(16)17/h2-10H,1H3,(H,18,21)(H,22,23)/b20-11+. The molecule has 0 spiro atoms. The van der Waals surface area contributed by atoms with Gasteiger partial charge in [0, 0.05) is 10.8 Å². The molecule has 2 aromatic heterocycles. The summed E-state index contributed by atoms with van der Waals surface area (Å²) in [5, 5.41) is 21.6. The molecule has 0 radical (unpaired) electrons. The maximum Gasteiger partial charge on any atom is 0.0951 e. The number of nitrogens with zero attached hydrogens (tertiary/aromatic N) is 4. The first-order valence-corrected chi connectivity index (χ1v) is 7.25. The van der Waals surface area contributed by atoms with Crippen LogP contribution in [0.5, 0.6) is 0 Å². The summed E-state index contributed by atoms with van der Waals surface area (Å²) in [5.74, 6) is 0. The van der Waals surface area contributed by atoms with Crippen molar-refractivity contribution >= 4 is 33.2 Å². The second-order valence-electron chi connectivity index (χ2n) is 5.26. The molecule has 6 nitrogen and oxygen atoms in total. The SMILES string of the molecule is C/C(=N\Nc1cnnc2ccccc12)c1ccc2[nH]ncc2c1. The molecule has 2 N–H and O–H groups in total. The van der Waals surface area contributed by atoms with Crippen LogP contribution in [0.25, 0.3) is 21.8 Å². The van der Waals surface area contributed by atoms with Crippen LogP contribution in [-0.4, -0.2) is 26.1 Å². The van der Waals surface area contributed by atoms with E-state index in [1.165, 1.54) is 0 Å². The largest absolute Gasteiger partial charge is 0.278 e. The predicted molar refractivity (Wildman–Crippen MR) is 91.5 cm³/mol. The third-order valence-electron chi connectivity index (χ3n) is 3.75. The molecule has 0 unspecified atom stereocenters. The van der Waals surface area contributed by atoms with Gasteiger partial charge in [0.25, 0.3) is 0 Å². The van der Waals surface area contributed by atoms with Crippen LogP contribution in [-0.2, 0) is 0 Å². The van der Waals surface area contributed by atoms with E-state index in [9.17, 15) is 0 Å². The van der Waals surface area contributed by atoms with E-state index in [1.807, 2.05) is 43.3 Å². The quantitative estimate of drug-likeness (QED) is 0.449. The Morgan fingerprint density at radius 2 is 2.04 bits per heavy atom. The van der Waals surface area contributed by atoms with Gasteiger partial charge in [0.2, 0.25) is 0 Å². The highest BCUT2D eigenvalue weighted by Crippen LogP contribution is 2.20. The highest BCUT2D eigenvalue weighted by Gasteiger charge is 2.03. The lowest BCUT2D eigenvalue weighted by atomic mass is 10.1. The molecule has 0 saturated heterocycles. The van der Waals surface area contributed by atoms with Crippen LogP contribution in [0.4, 0.5) is 5.69 Å². The van der Waals surface area contributed by atoms with Gasteiger partial charge in [-0.2, -0.15) is 20.4 Å². The van der Waals surface area contributed by atoms with Crippen molar-refractivity contribution in [3.8, 4) is 0 Å². The molecule has 0 aliphatic carbocycles. The summed E-state index contributed by atoms with van der Waals surface area (Å²) in [4.78, 5) is 0. The molecular weight excluding hydrogens is 288 g/mol. The fourth-order valence-electron chi connectivity index (χ4n) is 2.47. The summed E-state index contributed by atoms with van der Waals surface area (Å²) in [6.45, 7) is 1.96. The molecule has 2 aromatic carbocycles. The van der Waals surface area contributed by atoms with Gasteiger partial charge >= 0.3 is 0 Å². The summed E-state index contributed by atoms with van der Waals surface area (Å²) < 4.78 is 0. The Balaban J connectivity index is 1.66. The molecular formula is C17H14N6. The van der Waals surface area contributed by atoms with Crippen molar-refractivity contribution in [2.24, 2.45) is 5.10 Å². The smallest absolute Gasteiger partial charge is 0.0951 e. The van der Waals surface area contributed by atoms with Crippen molar-refractivity contribution in [3.63, 3.8) is 0 Å². The van der Waals surface area contributed by atoms with E-state index in [1.54, 1.807) is 12.4 Å². The van der Waals surface area contributed by atoms with Crippen LogP contribution in [0.2, 0.25) is 0 Å². The van der Waals surface area contributed by atoms with E-state index in [2.05, 4.69) is 37.0 Å². The zero-order valence-electron chi connectivity index (χ0n) is 12.5. The lowest BCUT2D eigenvalue weighted by Crippen LogP contribution is -2.00. The molecule has 0 aliphatic heterocycles. The number of nitrogens with one attached hydrogen (secondary N) is 2. The summed E-state index contributed by atoms with van der Waals surface area (Å²) in [6.07, 6.45) is 3.48. The molecule has 0 saturated carbocycles. The molecule has 23 heavy (non-hydrogen) atoms. The van der Waals surface area contributed by atoms with Gasteiger partial charge in [-0.15, -0.1) is 0 Å². The van der Waals surface area contributed by atoms with E-state index in [0.29, 0.717) is 0 Å². The molecule has 112 valence electrons. The number of hydrogen-bond acceptors (Lipinski definition) is 5. The van der Waals surface area contributed by atoms with Crippen LogP contribution in [0.15, 0.2) is 60.0 Å². The van der Waals surface area contributed by atoms with Gasteiger partial charge < -0.3 is 0 Å². The fraction of sp³-hybridized carbons (Fsp3) is 0.0588. The van der Waals surface area contributed by atoms with Gasteiger partial charge in [-0.25, -0.2) is 0 Å². The fourth-order valence-corrected chi connectivity index (χ4v) is 2.47. The highest BCUT2D eigenvalue weighted by molar-refractivity contribution is 6.02. The van der Waals surface area contributed by atoms with E-state index < -0.39 is 0 Å². The van der Waals surface area contributed by atoms with Gasteiger partial charge in [0.15, 0.2) is 0 Å². The molecule has 0 fully saturated rings. The number of H-pyrrole nitrogens is 1. The Labute approximate surface area is 132 Å². The van der Waals surface area contributed by atoms with Crippen molar-refractivity contribution in [2.75, 3.05) is 5.43 Å². The summed E-state index contributed by atoms with van der Waals surface area (Å²) in [7, 11) is 0. The van der Waals surface area contributed by atoms with E-state index in [-0.39, 0.29) is 0 Å². The second-order valence-corrected chi connectivity index (χ2v) is 5.26. The first-order chi connectivity index (χ1) is 11.3.